The third kappa shape index (κ3) is 5.16. The van der Waals surface area contributed by atoms with Gasteiger partial charge in [0.15, 0.2) is 0 Å². The molecule has 0 saturated carbocycles. The van der Waals surface area contributed by atoms with E-state index in [1.807, 2.05) is 6.92 Å². The molecule has 0 bridgehead atoms. The number of benzene rings is 1. The van der Waals surface area contributed by atoms with E-state index in [1.54, 1.807) is 38.1 Å². The maximum atomic E-state index is 12.7. The second kappa shape index (κ2) is 9.91. The number of rotatable bonds is 8. The van der Waals surface area contributed by atoms with Crippen LogP contribution < -0.4 is 21.3 Å². The zero-order valence-electron chi connectivity index (χ0n) is 17.8. The molecule has 1 unspecified atom stereocenters. The Morgan fingerprint density at radius 3 is 2.40 bits per heavy atom. The van der Waals surface area contributed by atoms with Crippen molar-refractivity contribution in [2.75, 3.05) is 6.61 Å². The van der Waals surface area contributed by atoms with Crippen molar-refractivity contribution in [3.05, 3.63) is 62.4 Å². The molecule has 0 aliphatic rings. The third-order valence-corrected chi connectivity index (χ3v) is 4.63. The summed E-state index contributed by atoms with van der Waals surface area (Å²) in [6.07, 6.45) is 0. The Morgan fingerprint density at radius 1 is 1.10 bits per heavy atom. The number of carbonyl (C=O) groups excluding carboxylic acids is 2. The van der Waals surface area contributed by atoms with Crippen LogP contribution in [0.1, 0.15) is 36.8 Å². The highest BCUT2D eigenvalue weighted by atomic mass is 16.5. The first-order valence-corrected chi connectivity index (χ1v) is 9.62. The van der Waals surface area contributed by atoms with E-state index in [-0.39, 0.29) is 18.2 Å². The molecule has 1 aromatic carbocycles. The lowest BCUT2D eigenvalue weighted by Gasteiger charge is -2.22. The van der Waals surface area contributed by atoms with Crippen LogP contribution in [-0.2, 0) is 30.2 Å². The fourth-order valence-electron chi connectivity index (χ4n) is 2.80. The summed E-state index contributed by atoms with van der Waals surface area (Å²) in [5, 5.41) is 2.69. The van der Waals surface area contributed by atoms with Crippen molar-refractivity contribution < 1.29 is 19.1 Å². The Balaban J connectivity index is 2.15. The highest BCUT2D eigenvalue weighted by Gasteiger charge is 2.27. The number of nitrogens with zero attached hydrogens (tertiary/aromatic N) is 2. The minimum atomic E-state index is -0.921. The SMILES string of the molecule is CCOc1ccccc1C(=O)NC(C(=O)OCc1cc(=O)n(C)c(=O)n1C)C(C)C. The van der Waals surface area contributed by atoms with Crippen LogP contribution in [0.2, 0.25) is 0 Å². The summed E-state index contributed by atoms with van der Waals surface area (Å²) in [6.45, 7) is 5.49. The zero-order valence-corrected chi connectivity index (χ0v) is 17.8. The summed E-state index contributed by atoms with van der Waals surface area (Å²) < 4.78 is 13.0. The molecule has 1 amide bonds. The topological polar surface area (TPSA) is 109 Å². The summed E-state index contributed by atoms with van der Waals surface area (Å²) in [7, 11) is 2.85. The smallest absolute Gasteiger partial charge is 0.330 e. The Labute approximate surface area is 174 Å². The predicted octanol–water partition coefficient (Wildman–Crippen LogP) is 0.980. The van der Waals surface area contributed by atoms with Gasteiger partial charge in [-0.05, 0) is 25.0 Å². The number of aromatic nitrogens is 2. The average molecular weight is 417 g/mol. The molecule has 1 heterocycles. The van der Waals surface area contributed by atoms with E-state index in [1.165, 1.54) is 24.7 Å². The maximum Gasteiger partial charge on any atom is 0.330 e. The molecule has 1 atom stereocenters. The molecule has 2 rings (SSSR count). The number of hydrogen-bond donors (Lipinski definition) is 1. The zero-order chi connectivity index (χ0) is 22.4. The van der Waals surface area contributed by atoms with Crippen LogP contribution in [0.3, 0.4) is 0 Å². The highest BCUT2D eigenvalue weighted by molar-refractivity contribution is 5.99. The van der Waals surface area contributed by atoms with Crippen LogP contribution in [0.15, 0.2) is 39.9 Å². The van der Waals surface area contributed by atoms with E-state index in [4.69, 9.17) is 9.47 Å². The Morgan fingerprint density at radius 2 is 1.77 bits per heavy atom. The molecule has 0 aliphatic heterocycles. The number of carbonyl (C=O) groups is 2. The van der Waals surface area contributed by atoms with Crippen molar-refractivity contribution in [3.8, 4) is 5.75 Å². The lowest BCUT2D eigenvalue weighted by molar-refractivity contribution is -0.148. The van der Waals surface area contributed by atoms with Crippen LogP contribution in [0.4, 0.5) is 0 Å². The van der Waals surface area contributed by atoms with Gasteiger partial charge in [0.25, 0.3) is 11.5 Å². The number of para-hydroxylation sites is 1. The van der Waals surface area contributed by atoms with Gasteiger partial charge in [-0.2, -0.15) is 0 Å². The van der Waals surface area contributed by atoms with Gasteiger partial charge in [-0.25, -0.2) is 9.59 Å². The van der Waals surface area contributed by atoms with Gasteiger partial charge >= 0.3 is 11.7 Å². The largest absolute Gasteiger partial charge is 0.493 e. The second-order valence-corrected chi connectivity index (χ2v) is 7.11. The second-order valence-electron chi connectivity index (χ2n) is 7.11. The van der Waals surface area contributed by atoms with Crippen molar-refractivity contribution in [3.63, 3.8) is 0 Å². The molecule has 0 saturated heterocycles. The van der Waals surface area contributed by atoms with Gasteiger partial charge in [0.05, 0.1) is 17.9 Å². The van der Waals surface area contributed by atoms with Crippen LogP contribution in [0.25, 0.3) is 0 Å². The van der Waals surface area contributed by atoms with Crippen LogP contribution in [0, 0.1) is 5.92 Å². The van der Waals surface area contributed by atoms with E-state index in [9.17, 15) is 19.2 Å². The Hall–Kier alpha value is -3.36. The van der Waals surface area contributed by atoms with Gasteiger partial charge in [0.2, 0.25) is 0 Å². The summed E-state index contributed by atoms with van der Waals surface area (Å²) >= 11 is 0. The molecule has 0 radical (unpaired) electrons. The summed E-state index contributed by atoms with van der Waals surface area (Å²) in [5.41, 5.74) is -0.445. The summed E-state index contributed by atoms with van der Waals surface area (Å²) in [4.78, 5) is 49.2. The Bertz CT molecular complexity index is 1040. The molecule has 9 heteroatoms. The molecule has 9 nitrogen and oxygen atoms in total. The van der Waals surface area contributed by atoms with Gasteiger partial charge < -0.3 is 14.8 Å². The molecular weight excluding hydrogens is 390 g/mol. The average Bonchev–Trinajstić information content (AvgIpc) is 2.72. The fraction of sp³-hybridized carbons (Fsp3) is 0.429. The molecule has 0 spiro atoms. The monoisotopic (exact) mass is 417 g/mol. The molecule has 1 N–H and O–H groups in total. The third-order valence-electron chi connectivity index (χ3n) is 4.63. The number of esters is 1. The van der Waals surface area contributed by atoms with E-state index < -0.39 is 29.2 Å². The van der Waals surface area contributed by atoms with E-state index in [2.05, 4.69) is 5.32 Å². The lowest BCUT2D eigenvalue weighted by Crippen LogP contribution is -2.45. The molecular formula is C21H27N3O6. The molecule has 162 valence electrons. The van der Waals surface area contributed by atoms with Crippen molar-refractivity contribution in [2.24, 2.45) is 20.0 Å². The fourth-order valence-corrected chi connectivity index (χ4v) is 2.80. The molecule has 1 aromatic heterocycles. The predicted molar refractivity (Wildman–Crippen MR) is 110 cm³/mol. The first-order chi connectivity index (χ1) is 14.2. The number of ether oxygens (including phenoxy) is 2. The van der Waals surface area contributed by atoms with Crippen molar-refractivity contribution in [2.45, 2.75) is 33.4 Å². The minimum Gasteiger partial charge on any atom is -0.493 e. The van der Waals surface area contributed by atoms with Gasteiger partial charge in [-0.15, -0.1) is 0 Å². The summed E-state index contributed by atoms with van der Waals surface area (Å²) in [5.74, 6) is -0.965. The molecule has 0 aliphatic carbocycles. The first-order valence-electron chi connectivity index (χ1n) is 9.62. The Kier molecular flexibility index (Phi) is 7.57. The van der Waals surface area contributed by atoms with Gasteiger partial charge in [0, 0.05) is 20.2 Å². The normalized spacial score (nSPS) is 11.8. The number of amides is 1. The van der Waals surface area contributed by atoms with E-state index >= 15 is 0 Å². The lowest BCUT2D eigenvalue weighted by atomic mass is 10.0. The van der Waals surface area contributed by atoms with Crippen molar-refractivity contribution in [1.29, 1.82) is 0 Å². The van der Waals surface area contributed by atoms with Crippen molar-refractivity contribution >= 4 is 11.9 Å². The molecule has 0 fully saturated rings. The first kappa shape index (κ1) is 22.9. The van der Waals surface area contributed by atoms with E-state index in [0.717, 1.165) is 4.57 Å². The maximum absolute atomic E-state index is 12.7. The quantitative estimate of drug-likeness (QED) is 0.642. The summed E-state index contributed by atoms with van der Waals surface area (Å²) in [6, 6.07) is 7.06. The highest BCUT2D eigenvalue weighted by Crippen LogP contribution is 2.18. The van der Waals surface area contributed by atoms with Crippen LogP contribution in [0.5, 0.6) is 5.75 Å². The van der Waals surface area contributed by atoms with Gasteiger partial charge in [0.1, 0.15) is 18.4 Å². The van der Waals surface area contributed by atoms with E-state index in [0.29, 0.717) is 17.9 Å². The molecule has 30 heavy (non-hydrogen) atoms. The minimum absolute atomic E-state index is 0.256. The standard InChI is InChI=1S/C21H27N3O6/c1-6-29-16-10-8-7-9-15(16)19(26)22-18(13(2)3)20(27)30-12-14-11-17(25)24(5)21(28)23(14)4/h7-11,13,18H,6,12H2,1-5H3,(H,22,26). The van der Waals surface area contributed by atoms with Crippen LogP contribution >= 0.6 is 0 Å². The van der Waals surface area contributed by atoms with Gasteiger partial charge in [-0.1, -0.05) is 26.0 Å². The van der Waals surface area contributed by atoms with Crippen molar-refractivity contribution in [1.82, 2.24) is 14.5 Å². The van der Waals surface area contributed by atoms with Crippen LogP contribution in [-0.4, -0.2) is 33.7 Å². The number of nitrogens with one attached hydrogen (secondary N) is 1. The molecule has 2 aromatic rings. The van der Waals surface area contributed by atoms with Gasteiger partial charge in [-0.3, -0.25) is 18.7 Å². The number of hydrogen-bond acceptors (Lipinski definition) is 6.